The third-order valence-corrected chi connectivity index (χ3v) is 2.75. The number of ether oxygens (including phenoxy) is 1. The first-order valence-corrected chi connectivity index (χ1v) is 5.94. The van der Waals surface area contributed by atoms with Crippen LogP contribution in [0.25, 0.3) is 0 Å². The molecule has 0 aliphatic carbocycles. The van der Waals surface area contributed by atoms with Crippen molar-refractivity contribution in [2.45, 2.75) is 25.6 Å². The van der Waals surface area contributed by atoms with Gasteiger partial charge in [-0.3, -0.25) is 5.32 Å². The van der Waals surface area contributed by atoms with E-state index in [1.807, 2.05) is 0 Å². The van der Waals surface area contributed by atoms with E-state index in [2.05, 4.69) is 5.32 Å². The van der Waals surface area contributed by atoms with Crippen LogP contribution in [0.2, 0.25) is 0 Å². The van der Waals surface area contributed by atoms with Gasteiger partial charge in [-0.25, -0.2) is 9.18 Å². The number of alkyl halides is 3. The highest BCUT2D eigenvalue weighted by Gasteiger charge is 2.40. The largest absolute Gasteiger partial charge is 0.464 e. The van der Waals surface area contributed by atoms with Gasteiger partial charge in [-0.1, -0.05) is 12.1 Å². The maximum Gasteiger partial charge on any atom is 0.401 e. The van der Waals surface area contributed by atoms with E-state index in [1.165, 1.54) is 19.1 Å². The van der Waals surface area contributed by atoms with Crippen LogP contribution in [0.4, 0.5) is 17.6 Å². The van der Waals surface area contributed by atoms with Gasteiger partial charge < -0.3 is 4.74 Å². The summed E-state index contributed by atoms with van der Waals surface area (Å²) in [5.41, 5.74) is -1.50. The molecule has 1 aromatic carbocycles. The maximum absolute atomic E-state index is 12.9. The molecule has 0 aromatic heterocycles. The second-order valence-electron chi connectivity index (χ2n) is 4.32. The van der Waals surface area contributed by atoms with Crippen LogP contribution < -0.4 is 5.32 Å². The Hall–Kier alpha value is -1.63. The van der Waals surface area contributed by atoms with Crippen LogP contribution in [-0.2, 0) is 15.1 Å². The van der Waals surface area contributed by atoms with Gasteiger partial charge in [0.2, 0.25) is 0 Å². The Balaban J connectivity index is 3.06. The Kier molecular flexibility index (Phi) is 5.10. The number of carbonyl (C=O) groups excluding carboxylic acids is 1. The summed E-state index contributed by atoms with van der Waals surface area (Å²) < 4.78 is 54.7. The minimum Gasteiger partial charge on any atom is -0.464 e. The molecule has 0 aliphatic heterocycles. The average Bonchev–Trinajstić information content (AvgIpc) is 2.36. The predicted molar refractivity (Wildman–Crippen MR) is 64.4 cm³/mol. The van der Waals surface area contributed by atoms with Crippen molar-refractivity contribution in [3.63, 3.8) is 0 Å². The Morgan fingerprint density at radius 2 is 1.80 bits per heavy atom. The lowest BCUT2D eigenvalue weighted by atomic mass is 9.92. The van der Waals surface area contributed by atoms with Crippen LogP contribution in [0, 0.1) is 5.82 Å². The lowest BCUT2D eigenvalue weighted by Crippen LogP contribution is -2.50. The van der Waals surface area contributed by atoms with Crippen molar-refractivity contribution in [2.75, 3.05) is 13.2 Å². The Labute approximate surface area is 113 Å². The number of nitrogens with one attached hydrogen (secondary N) is 1. The molecule has 0 radical (unpaired) electrons. The molecular formula is C13H15F4NO2. The van der Waals surface area contributed by atoms with E-state index in [0.29, 0.717) is 0 Å². The number of benzene rings is 1. The Morgan fingerprint density at radius 3 is 2.25 bits per heavy atom. The van der Waals surface area contributed by atoms with Gasteiger partial charge in [0.1, 0.15) is 11.4 Å². The summed E-state index contributed by atoms with van der Waals surface area (Å²) >= 11 is 0. The third-order valence-electron chi connectivity index (χ3n) is 2.75. The first-order valence-electron chi connectivity index (χ1n) is 5.94. The van der Waals surface area contributed by atoms with Crippen LogP contribution in [0.1, 0.15) is 19.4 Å². The summed E-state index contributed by atoms with van der Waals surface area (Å²) in [6, 6.07) is 4.63. The second kappa shape index (κ2) is 6.21. The fourth-order valence-corrected chi connectivity index (χ4v) is 1.63. The number of esters is 1. The van der Waals surface area contributed by atoms with Crippen LogP contribution in [0.5, 0.6) is 0 Å². The van der Waals surface area contributed by atoms with Gasteiger partial charge in [-0.15, -0.1) is 0 Å². The zero-order valence-corrected chi connectivity index (χ0v) is 11.1. The zero-order chi connectivity index (χ0) is 15.4. The molecule has 0 saturated carbocycles. The van der Waals surface area contributed by atoms with Gasteiger partial charge in [0, 0.05) is 0 Å². The van der Waals surface area contributed by atoms with Crippen LogP contribution in [0.3, 0.4) is 0 Å². The molecule has 20 heavy (non-hydrogen) atoms. The van der Waals surface area contributed by atoms with Gasteiger partial charge in [-0.2, -0.15) is 13.2 Å². The van der Waals surface area contributed by atoms with E-state index in [-0.39, 0.29) is 12.2 Å². The highest BCUT2D eigenvalue weighted by Crippen LogP contribution is 2.25. The van der Waals surface area contributed by atoms with Crippen molar-refractivity contribution in [1.82, 2.24) is 5.32 Å². The van der Waals surface area contributed by atoms with E-state index >= 15 is 0 Å². The smallest absolute Gasteiger partial charge is 0.401 e. The van der Waals surface area contributed by atoms with E-state index < -0.39 is 30.0 Å². The lowest BCUT2D eigenvalue weighted by molar-refractivity contribution is -0.155. The number of rotatable bonds is 5. The first-order chi connectivity index (χ1) is 9.19. The molecule has 1 aromatic rings. The van der Waals surface area contributed by atoms with Gasteiger partial charge in [0.15, 0.2) is 0 Å². The molecule has 1 unspecified atom stereocenters. The quantitative estimate of drug-likeness (QED) is 0.670. The van der Waals surface area contributed by atoms with Crippen LogP contribution in [0.15, 0.2) is 24.3 Å². The van der Waals surface area contributed by atoms with Crippen LogP contribution in [-0.4, -0.2) is 25.3 Å². The molecule has 0 saturated heterocycles. The lowest BCUT2D eigenvalue weighted by Gasteiger charge is -2.29. The summed E-state index contributed by atoms with van der Waals surface area (Å²) in [6.07, 6.45) is -4.48. The SMILES string of the molecule is CCOC(=O)C(C)(NCC(F)(F)F)c1ccc(F)cc1. The fourth-order valence-electron chi connectivity index (χ4n) is 1.63. The zero-order valence-electron chi connectivity index (χ0n) is 11.1. The predicted octanol–water partition coefficient (Wildman–Crippen LogP) is 2.76. The summed E-state index contributed by atoms with van der Waals surface area (Å²) in [5.74, 6) is -1.40. The first kappa shape index (κ1) is 16.4. The minimum atomic E-state index is -4.48. The molecular weight excluding hydrogens is 278 g/mol. The number of halogens is 4. The molecule has 1 atom stereocenters. The van der Waals surface area contributed by atoms with E-state index in [0.717, 1.165) is 12.1 Å². The topological polar surface area (TPSA) is 38.3 Å². The molecule has 0 heterocycles. The number of hydrogen-bond acceptors (Lipinski definition) is 3. The van der Waals surface area contributed by atoms with Gasteiger partial charge in [0.25, 0.3) is 0 Å². The molecule has 0 bridgehead atoms. The normalized spacial score (nSPS) is 14.7. The molecule has 1 N–H and O–H groups in total. The van der Waals surface area contributed by atoms with Crippen molar-refractivity contribution in [3.8, 4) is 0 Å². The molecule has 7 heteroatoms. The van der Waals surface area contributed by atoms with Gasteiger partial charge >= 0.3 is 12.1 Å². The molecule has 0 spiro atoms. The number of carbonyl (C=O) groups is 1. The molecule has 1 rings (SSSR count). The monoisotopic (exact) mass is 293 g/mol. The van der Waals surface area contributed by atoms with Crippen molar-refractivity contribution in [1.29, 1.82) is 0 Å². The van der Waals surface area contributed by atoms with E-state index in [1.54, 1.807) is 6.92 Å². The van der Waals surface area contributed by atoms with E-state index in [9.17, 15) is 22.4 Å². The van der Waals surface area contributed by atoms with Crippen molar-refractivity contribution in [3.05, 3.63) is 35.6 Å². The molecule has 112 valence electrons. The highest BCUT2D eigenvalue weighted by atomic mass is 19.4. The summed E-state index contributed by atoms with van der Waals surface area (Å²) in [7, 11) is 0. The maximum atomic E-state index is 12.9. The van der Waals surface area contributed by atoms with E-state index in [4.69, 9.17) is 4.74 Å². The molecule has 3 nitrogen and oxygen atoms in total. The highest BCUT2D eigenvalue weighted by molar-refractivity contribution is 5.82. The molecule has 0 fully saturated rings. The second-order valence-corrected chi connectivity index (χ2v) is 4.32. The fraction of sp³-hybridized carbons (Fsp3) is 0.462. The van der Waals surface area contributed by atoms with Crippen molar-refractivity contribution < 1.29 is 27.1 Å². The molecule has 0 amide bonds. The summed E-state index contributed by atoms with van der Waals surface area (Å²) in [5, 5.41) is 2.13. The summed E-state index contributed by atoms with van der Waals surface area (Å²) in [6.45, 7) is 1.49. The number of hydrogen-bond donors (Lipinski definition) is 1. The van der Waals surface area contributed by atoms with Crippen molar-refractivity contribution in [2.24, 2.45) is 0 Å². The Morgan fingerprint density at radius 1 is 1.25 bits per heavy atom. The van der Waals surface area contributed by atoms with Gasteiger partial charge in [-0.05, 0) is 31.5 Å². The third kappa shape index (κ3) is 4.19. The standard InChI is InChI=1S/C13H15F4NO2/c1-3-20-11(19)12(2,18-8-13(15,16)17)9-4-6-10(14)7-5-9/h4-7,18H,3,8H2,1-2H3. The molecule has 0 aliphatic rings. The summed E-state index contributed by atoms with van der Waals surface area (Å²) in [4.78, 5) is 11.9. The van der Waals surface area contributed by atoms with Crippen molar-refractivity contribution >= 4 is 5.97 Å². The average molecular weight is 293 g/mol. The van der Waals surface area contributed by atoms with Gasteiger partial charge in [0.05, 0.1) is 13.2 Å². The minimum absolute atomic E-state index is 0.0311. The Bertz CT molecular complexity index is 458. The van der Waals surface area contributed by atoms with Crippen LogP contribution >= 0.6 is 0 Å².